The van der Waals surface area contributed by atoms with Crippen LogP contribution in [0, 0.1) is 10.8 Å². The Kier molecular flexibility index (Phi) is 59.6. The third kappa shape index (κ3) is 36.9. The highest BCUT2D eigenvalue weighted by atomic mass is 28.4. The largest absolute Gasteiger partial charge is 0.411 e. The van der Waals surface area contributed by atoms with Crippen LogP contribution in [0.3, 0.4) is 0 Å². The first-order valence-corrected chi connectivity index (χ1v) is 45.8. The Morgan fingerprint density at radius 2 is 0.318 bits per heavy atom. The minimum atomic E-state index is -2.41. The summed E-state index contributed by atoms with van der Waals surface area (Å²) in [5.74, 6) is 0. The fraction of sp³-hybridized carbons (Fsp3) is 1.00. The van der Waals surface area contributed by atoms with Gasteiger partial charge in [-0.15, -0.1) is 0 Å². The third-order valence-electron chi connectivity index (χ3n) is 23.9. The standard InChI is InChI=1S/C86H174OSi/c1-11-19-27-35-43-51-59-67-75-83(76-68-60-52-44-36-28-20-12-2)84(77-69-61-53-45-37-29-21-13-3,78-70-62-54-46-38-30-22-14-4)86(81-73-65-57-49-41-33-25-17-7,82-74-66-58-50-42-34-26-18-8)88(9,10)87-85(83,79-71-63-55-47-39-31-23-15-5)80-72-64-56-48-40-32-24-16-6/h11-82H2,1-10H3. The van der Waals surface area contributed by atoms with Crippen LogP contribution in [0.5, 0.6) is 0 Å². The summed E-state index contributed by atoms with van der Waals surface area (Å²) in [7, 11) is -2.41. The first-order valence-electron chi connectivity index (χ1n) is 42.9. The summed E-state index contributed by atoms with van der Waals surface area (Å²) in [4.78, 5) is 0. The van der Waals surface area contributed by atoms with Crippen molar-refractivity contribution in [3.05, 3.63) is 0 Å². The Morgan fingerprint density at radius 1 is 0.170 bits per heavy atom. The minimum absolute atomic E-state index is 0.0117. The Hall–Kier alpha value is 0.177. The summed E-state index contributed by atoms with van der Waals surface area (Å²) in [6, 6.07) is 0. The van der Waals surface area contributed by atoms with Crippen LogP contribution >= 0.6 is 0 Å². The average Bonchev–Trinajstić information content (AvgIpc) is 0.751. The first-order chi connectivity index (χ1) is 43.2. The predicted octanol–water partition coefficient (Wildman–Crippen LogP) is 32.9. The van der Waals surface area contributed by atoms with Gasteiger partial charge in [0.15, 0.2) is 8.32 Å². The molecule has 0 unspecified atom stereocenters. The normalized spacial score (nSPS) is 15.9. The lowest BCUT2D eigenvalue weighted by atomic mass is 9.42. The summed E-state index contributed by atoms with van der Waals surface area (Å²) in [5, 5.41) is 0.328. The molecule has 0 aromatic heterocycles. The third-order valence-corrected chi connectivity index (χ3v) is 28.1. The molecule has 528 valence electrons. The second-order valence-electron chi connectivity index (χ2n) is 31.7. The van der Waals surface area contributed by atoms with E-state index in [0.717, 1.165) is 0 Å². The predicted molar refractivity (Wildman–Crippen MR) is 407 cm³/mol. The molecule has 0 aromatic carbocycles. The van der Waals surface area contributed by atoms with Crippen molar-refractivity contribution in [2.24, 2.45) is 10.8 Å². The maximum absolute atomic E-state index is 9.26. The molecule has 1 rings (SSSR count). The molecule has 0 atom stereocenters. The zero-order chi connectivity index (χ0) is 64.1. The van der Waals surface area contributed by atoms with E-state index in [1.165, 1.54) is 462 Å². The Morgan fingerprint density at radius 3 is 0.511 bits per heavy atom. The van der Waals surface area contributed by atoms with Crippen LogP contribution in [0.15, 0.2) is 0 Å². The molecule has 1 aliphatic heterocycles. The van der Waals surface area contributed by atoms with E-state index >= 15 is 0 Å². The lowest BCUT2D eigenvalue weighted by Gasteiger charge is -2.76. The monoisotopic (exact) mass is 1250 g/mol. The summed E-state index contributed by atoms with van der Waals surface area (Å²) < 4.78 is 9.26. The van der Waals surface area contributed by atoms with Gasteiger partial charge in [-0.3, -0.25) is 0 Å². The minimum Gasteiger partial charge on any atom is -0.411 e. The summed E-state index contributed by atoms with van der Waals surface area (Å²) in [6.45, 7) is 25.2. The van der Waals surface area contributed by atoms with E-state index in [4.69, 9.17) is 0 Å². The molecular formula is C86H174OSi. The van der Waals surface area contributed by atoms with Crippen molar-refractivity contribution in [2.75, 3.05) is 0 Å². The van der Waals surface area contributed by atoms with Crippen molar-refractivity contribution >= 4 is 8.32 Å². The zero-order valence-corrected chi connectivity index (χ0v) is 64.8. The van der Waals surface area contributed by atoms with Gasteiger partial charge in [-0.2, -0.15) is 0 Å². The van der Waals surface area contributed by atoms with Gasteiger partial charge in [0, 0.05) is 5.41 Å². The molecule has 1 nitrogen and oxygen atoms in total. The molecule has 0 N–H and O–H groups in total. The molecule has 0 bridgehead atoms. The molecule has 0 spiro atoms. The Balaban J connectivity index is 4.65. The number of unbranched alkanes of at least 4 members (excludes halogenated alkanes) is 56. The topological polar surface area (TPSA) is 9.23 Å². The van der Waals surface area contributed by atoms with Gasteiger partial charge in [-0.1, -0.05) is 466 Å². The fourth-order valence-electron chi connectivity index (χ4n) is 18.7. The molecule has 0 radical (unpaired) electrons. The van der Waals surface area contributed by atoms with Gasteiger partial charge < -0.3 is 4.43 Å². The van der Waals surface area contributed by atoms with E-state index in [0.29, 0.717) is 10.5 Å². The van der Waals surface area contributed by atoms with E-state index in [-0.39, 0.29) is 11.0 Å². The van der Waals surface area contributed by atoms with Gasteiger partial charge in [0.25, 0.3) is 0 Å². The highest BCUT2D eigenvalue weighted by Gasteiger charge is 2.76. The second-order valence-corrected chi connectivity index (χ2v) is 35.8. The zero-order valence-electron chi connectivity index (χ0n) is 63.8. The van der Waals surface area contributed by atoms with Crippen LogP contribution < -0.4 is 0 Å². The smallest absolute Gasteiger partial charge is 0.194 e. The Bertz CT molecular complexity index is 1300. The van der Waals surface area contributed by atoms with Crippen LogP contribution in [0.1, 0.15) is 518 Å². The van der Waals surface area contributed by atoms with Crippen molar-refractivity contribution in [3.8, 4) is 0 Å². The second kappa shape index (κ2) is 60.8. The van der Waals surface area contributed by atoms with Gasteiger partial charge in [0.05, 0.1) is 5.60 Å². The van der Waals surface area contributed by atoms with Crippen molar-refractivity contribution in [1.29, 1.82) is 0 Å². The van der Waals surface area contributed by atoms with E-state index in [9.17, 15) is 4.43 Å². The molecular weight excluding hydrogens is 1080 g/mol. The highest BCUT2D eigenvalue weighted by molar-refractivity contribution is 6.75. The van der Waals surface area contributed by atoms with E-state index in [1.54, 1.807) is 0 Å². The molecule has 0 amide bonds. The van der Waals surface area contributed by atoms with Crippen molar-refractivity contribution in [1.82, 2.24) is 0 Å². The van der Waals surface area contributed by atoms with Crippen molar-refractivity contribution < 1.29 is 4.43 Å². The van der Waals surface area contributed by atoms with Gasteiger partial charge in [-0.05, 0) is 74.9 Å². The summed E-state index contributed by atoms with van der Waals surface area (Å²) in [6.07, 6.45) is 104. The molecule has 88 heavy (non-hydrogen) atoms. The summed E-state index contributed by atoms with van der Waals surface area (Å²) >= 11 is 0. The molecule has 1 saturated heterocycles. The SMILES string of the molecule is CCCCCCCCCCC1(CCCCCCCCCC)O[Si](C)(C)C(CCCCCCCCCC)(CCCCCCCCCC)C(CCCCCCCCCC)(CCCCCCCCCC)C1(CCCCCCCCCC)CCCCCCCCCC. The highest BCUT2D eigenvalue weighted by Crippen LogP contribution is 2.80. The fourth-order valence-corrected chi connectivity index (χ4v) is 23.4. The van der Waals surface area contributed by atoms with Crippen molar-refractivity contribution in [2.45, 2.75) is 541 Å². The maximum atomic E-state index is 9.26. The van der Waals surface area contributed by atoms with Crippen LogP contribution in [-0.4, -0.2) is 13.9 Å². The molecule has 1 heterocycles. The molecule has 0 saturated carbocycles. The number of hydrogen-bond donors (Lipinski definition) is 0. The van der Waals surface area contributed by atoms with Gasteiger partial charge in [-0.25, -0.2) is 0 Å². The molecule has 0 aromatic rings. The molecule has 1 fully saturated rings. The summed E-state index contributed by atoms with van der Waals surface area (Å²) in [5.41, 5.74) is 0.610. The van der Waals surface area contributed by atoms with E-state index < -0.39 is 8.32 Å². The molecule has 1 aliphatic rings. The number of rotatable bonds is 72. The van der Waals surface area contributed by atoms with E-state index in [1.807, 2.05) is 0 Å². The lowest BCUT2D eigenvalue weighted by molar-refractivity contribution is -0.225. The van der Waals surface area contributed by atoms with Crippen molar-refractivity contribution in [3.63, 3.8) is 0 Å². The van der Waals surface area contributed by atoms with Gasteiger partial charge >= 0.3 is 0 Å². The molecule has 0 aliphatic carbocycles. The van der Waals surface area contributed by atoms with Crippen LogP contribution in [0.4, 0.5) is 0 Å². The van der Waals surface area contributed by atoms with E-state index in [2.05, 4.69) is 68.5 Å². The molecule has 2 heteroatoms. The first kappa shape index (κ1) is 86.2. The quantitative estimate of drug-likeness (QED) is 0.0436. The lowest BCUT2D eigenvalue weighted by Crippen LogP contribution is -2.75. The van der Waals surface area contributed by atoms with Crippen LogP contribution in [0.2, 0.25) is 18.1 Å². The average molecular weight is 1250 g/mol. The maximum Gasteiger partial charge on any atom is 0.194 e. The van der Waals surface area contributed by atoms with Gasteiger partial charge in [0.1, 0.15) is 0 Å². The van der Waals surface area contributed by atoms with Gasteiger partial charge in [0.2, 0.25) is 0 Å². The number of hydrogen-bond acceptors (Lipinski definition) is 1. The van der Waals surface area contributed by atoms with Crippen LogP contribution in [-0.2, 0) is 4.43 Å². The van der Waals surface area contributed by atoms with Crippen LogP contribution in [0.25, 0.3) is 0 Å². The Labute approximate surface area is 561 Å².